The quantitative estimate of drug-likeness (QED) is 0.714. The standard InChI is InChI=1S/C20H23ClFN3O3/c1-13(2)25-12-17(11-23-25)24-7-6-20(28,19(24)27)18(26)5-3-4-14-8-15(21)10-16(22)9-14/h8-13,28H,3-7H2,1-2H3/t20-/m0/s1. The van der Waals surface area contributed by atoms with Gasteiger partial charge in [0.25, 0.3) is 5.91 Å². The number of amides is 1. The van der Waals surface area contributed by atoms with Crippen LogP contribution >= 0.6 is 11.6 Å². The van der Waals surface area contributed by atoms with Crippen molar-refractivity contribution in [3.8, 4) is 0 Å². The Morgan fingerprint density at radius 2 is 2.14 bits per heavy atom. The zero-order valence-corrected chi connectivity index (χ0v) is 16.6. The molecule has 0 radical (unpaired) electrons. The van der Waals surface area contributed by atoms with Crippen LogP contribution in [-0.2, 0) is 16.0 Å². The van der Waals surface area contributed by atoms with Gasteiger partial charge in [0.05, 0.1) is 11.9 Å². The van der Waals surface area contributed by atoms with Gasteiger partial charge in [-0.2, -0.15) is 5.10 Å². The summed E-state index contributed by atoms with van der Waals surface area (Å²) in [5, 5.41) is 15.2. The number of carbonyl (C=O) groups excluding carboxylic acids is 2. The van der Waals surface area contributed by atoms with Crippen LogP contribution in [0.25, 0.3) is 0 Å². The molecule has 1 fully saturated rings. The highest BCUT2D eigenvalue weighted by atomic mass is 35.5. The number of ketones is 1. The molecule has 0 bridgehead atoms. The van der Waals surface area contributed by atoms with Crippen molar-refractivity contribution < 1.29 is 19.1 Å². The largest absolute Gasteiger partial charge is 0.373 e. The van der Waals surface area contributed by atoms with Crippen LogP contribution in [0.3, 0.4) is 0 Å². The molecule has 1 aliphatic heterocycles. The Kier molecular flexibility index (Phi) is 5.86. The van der Waals surface area contributed by atoms with E-state index in [1.54, 1.807) is 23.1 Å². The topological polar surface area (TPSA) is 75.4 Å². The summed E-state index contributed by atoms with van der Waals surface area (Å²) < 4.78 is 15.1. The minimum Gasteiger partial charge on any atom is -0.373 e. The molecule has 6 nitrogen and oxygen atoms in total. The molecule has 1 aromatic heterocycles. The Morgan fingerprint density at radius 1 is 1.39 bits per heavy atom. The molecule has 1 amide bonds. The second kappa shape index (κ2) is 8.01. The van der Waals surface area contributed by atoms with Crippen LogP contribution in [0.15, 0.2) is 30.6 Å². The van der Waals surface area contributed by atoms with E-state index in [-0.39, 0.29) is 25.4 Å². The molecule has 28 heavy (non-hydrogen) atoms. The lowest BCUT2D eigenvalue weighted by molar-refractivity contribution is -0.147. The van der Waals surface area contributed by atoms with Gasteiger partial charge in [0.2, 0.25) is 5.60 Å². The number of nitrogens with zero attached hydrogens (tertiary/aromatic N) is 3. The zero-order chi connectivity index (χ0) is 20.5. The van der Waals surface area contributed by atoms with E-state index >= 15 is 0 Å². The molecule has 1 N–H and O–H groups in total. The molecule has 8 heteroatoms. The van der Waals surface area contributed by atoms with Gasteiger partial charge in [-0.05, 0) is 50.5 Å². The summed E-state index contributed by atoms with van der Waals surface area (Å²) in [6, 6.07) is 4.35. The number of aliphatic hydroxyl groups is 1. The summed E-state index contributed by atoms with van der Waals surface area (Å²) >= 11 is 5.83. The van der Waals surface area contributed by atoms with E-state index in [9.17, 15) is 19.1 Å². The monoisotopic (exact) mass is 407 g/mol. The maximum atomic E-state index is 13.4. The van der Waals surface area contributed by atoms with Crippen LogP contribution in [0.1, 0.15) is 44.7 Å². The number of rotatable bonds is 7. The van der Waals surface area contributed by atoms with E-state index in [0.29, 0.717) is 29.1 Å². The van der Waals surface area contributed by atoms with E-state index in [2.05, 4.69) is 5.10 Å². The first-order valence-electron chi connectivity index (χ1n) is 9.27. The Hall–Kier alpha value is -2.25. The molecule has 1 saturated heterocycles. The number of halogens is 2. The number of aryl methyl sites for hydroxylation is 1. The van der Waals surface area contributed by atoms with E-state index < -0.39 is 23.1 Å². The minimum absolute atomic E-state index is 0.0233. The lowest BCUT2D eigenvalue weighted by Crippen LogP contribution is -2.46. The molecule has 150 valence electrons. The average Bonchev–Trinajstić information content (AvgIpc) is 3.21. The summed E-state index contributed by atoms with van der Waals surface area (Å²) in [6.07, 6.45) is 4.17. The summed E-state index contributed by atoms with van der Waals surface area (Å²) in [7, 11) is 0. The van der Waals surface area contributed by atoms with Crippen molar-refractivity contribution >= 4 is 29.0 Å². The Labute approximate surface area is 167 Å². The number of Topliss-reactive ketones (excluding diaryl/α,β-unsaturated/α-hetero) is 1. The third kappa shape index (κ3) is 4.10. The number of hydrogen-bond acceptors (Lipinski definition) is 4. The van der Waals surface area contributed by atoms with Gasteiger partial charge in [-0.25, -0.2) is 4.39 Å². The van der Waals surface area contributed by atoms with Gasteiger partial charge in [0, 0.05) is 36.6 Å². The van der Waals surface area contributed by atoms with Crippen LogP contribution in [0, 0.1) is 5.82 Å². The fraction of sp³-hybridized carbons (Fsp3) is 0.450. The number of benzene rings is 1. The normalized spacial score (nSPS) is 19.6. The van der Waals surface area contributed by atoms with Crippen LogP contribution < -0.4 is 4.90 Å². The summed E-state index contributed by atoms with van der Waals surface area (Å²) in [5.74, 6) is -1.57. The van der Waals surface area contributed by atoms with Gasteiger partial charge < -0.3 is 10.0 Å². The highest BCUT2D eigenvalue weighted by molar-refractivity contribution is 6.30. The molecule has 0 spiro atoms. The molecule has 0 unspecified atom stereocenters. The first-order valence-corrected chi connectivity index (χ1v) is 9.65. The number of aromatic nitrogens is 2. The van der Waals surface area contributed by atoms with E-state index in [4.69, 9.17) is 11.6 Å². The molecule has 3 rings (SSSR count). The highest BCUT2D eigenvalue weighted by Gasteiger charge is 2.51. The van der Waals surface area contributed by atoms with Crippen LogP contribution in [-0.4, -0.2) is 38.7 Å². The van der Waals surface area contributed by atoms with Crippen LogP contribution in [0.5, 0.6) is 0 Å². The van der Waals surface area contributed by atoms with Gasteiger partial charge in [-0.3, -0.25) is 14.3 Å². The van der Waals surface area contributed by atoms with Crippen molar-refractivity contribution in [3.05, 3.63) is 47.0 Å². The fourth-order valence-electron chi connectivity index (χ4n) is 3.38. The van der Waals surface area contributed by atoms with Crippen molar-refractivity contribution in [2.75, 3.05) is 11.4 Å². The lowest BCUT2D eigenvalue weighted by atomic mass is 9.92. The van der Waals surface area contributed by atoms with Crippen LogP contribution in [0.2, 0.25) is 5.02 Å². The molecule has 0 aliphatic carbocycles. The van der Waals surface area contributed by atoms with Gasteiger partial charge >= 0.3 is 0 Å². The van der Waals surface area contributed by atoms with Gasteiger partial charge in [0.15, 0.2) is 5.78 Å². The molecule has 1 atom stereocenters. The van der Waals surface area contributed by atoms with Crippen molar-refractivity contribution in [1.82, 2.24) is 9.78 Å². The van der Waals surface area contributed by atoms with Crippen molar-refractivity contribution in [2.45, 2.75) is 51.2 Å². The van der Waals surface area contributed by atoms with Gasteiger partial charge in [-0.15, -0.1) is 0 Å². The Morgan fingerprint density at radius 3 is 2.79 bits per heavy atom. The number of carbonyl (C=O) groups is 2. The maximum absolute atomic E-state index is 13.4. The summed E-state index contributed by atoms with van der Waals surface area (Å²) in [4.78, 5) is 26.7. The molecule has 2 heterocycles. The zero-order valence-electron chi connectivity index (χ0n) is 15.9. The Bertz CT molecular complexity index is 878. The third-order valence-corrected chi connectivity index (χ3v) is 5.20. The second-order valence-corrected chi connectivity index (χ2v) is 7.83. The third-order valence-electron chi connectivity index (χ3n) is 4.98. The highest BCUT2D eigenvalue weighted by Crippen LogP contribution is 2.30. The van der Waals surface area contributed by atoms with Gasteiger partial charge in [-0.1, -0.05) is 11.6 Å². The van der Waals surface area contributed by atoms with E-state index in [0.717, 1.165) is 0 Å². The molecule has 1 aromatic carbocycles. The maximum Gasteiger partial charge on any atom is 0.266 e. The molecule has 2 aromatic rings. The SMILES string of the molecule is CC(C)n1cc(N2CC[C@](O)(C(=O)CCCc3cc(F)cc(Cl)c3)C2=O)cn1. The smallest absolute Gasteiger partial charge is 0.266 e. The van der Waals surface area contributed by atoms with Crippen LogP contribution in [0.4, 0.5) is 10.1 Å². The predicted molar refractivity (Wildman–Crippen MR) is 104 cm³/mol. The molecular formula is C20H23ClFN3O3. The summed E-state index contributed by atoms with van der Waals surface area (Å²) in [5.41, 5.74) is -0.776. The van der Waals surface area contributed by atoms with E-state index in [1.165, 1.54) is 17.0 Å². The average molecular weight is 408 g/mol. The van der Waals surface area contributed by atoms with Crippen molar-refractivity contribution in [1.29, 1.82) is 0 Å². The van der Waals surface area contributed by atoms with Gasteiger partial charge in [0.1, 0.15) is 5.82 Å². The predicted octanol–water partition coefficient (Wildman–Crippen LogP) is 3.32. The second-order valence-electron chi connectivity index (χ2n) is 7.39. The Balaban J connectivity index is 1.62. The molecule has 1 aliphatic rings. The van der Waals surface area contributed by atoms with Crippen molar-refractivity contribution in [2.24, 2.45) is 0 Å². The number of anilines is 1. The fourth-order valence-corrected chi connectivity index (χ4v) is 3.62. The number of hydrogen-bond donors (Lipinski definition) is 1. The molecule has 0 saturated carbocycles. The first kappa shape index (κ1) is 20.5. The lowest BCUT2D eigenvalue weighted by Gasteiger charge is -2.20. The van der Waals surface area contributed by atoms with E-state index in [1.807, 2.05) is 13.8 Å². The molecular weight excluding hydrogens is 385 g/mol. The minimum atomic E-state index is -2.01. The summed E-state index contributed by atoms with van der Waals surface area (Å²) in [6.45, 7) is 4.19. The first-order chi connectivity index (χ1) is 13.2. The van der Waals surface area contributed by atoms with Crippen molar-refractivity contribution in [3.63, 3.8) is 0 Å².